The number of fused-ring (bicyclic) bond motifs is 1. The number of hydrogen-bond acceptors (Lipinski definition) is 3. The largest absolute Gasteiger partial charge is 0.427 e. The zero-order valence-corrected chi connectivity index (χ0v) is 8.74. The highest BCUT2D eigenvalue weighted by Gasteiger charge is 2.15. The standard InChI is InChI=1S/C12H12N2O/c1-4-9-11(13)10-8(7(2)3)5-6-14-12(10)15-9/h1,5-7H,13H2,2-3H3. The van der Waals surface area contributed by atoms with Crippen LogP contribution in [0, 0.1) is 12.3 Å². The van der Waals surface area contributed by atoms with Crippen LogP contribution in [0.5, 0.6) is 0 Å². The van der Waals surface area contributed by atoms with E-state index < -0.39 is 0 Å². The molecule has 76 valence electrons. The second-order valence-corrected chi connectivity index (χ2v) is 3.72. The molecule has 0 amide bonds. The van der Waals surface area contributed by atoms with E-state index in [-0.39, 0.29) is 0 Å². The van der Waals surface area contributed by atoms with Crippen LogP contribution in [0.4, 0.5) is 5.69 Å². The molecule has 0 unspecified atom stereocenters. The van der Waals surface area contributed by atoms with Crippen LogP contribution in [0.3, 0.4) is 0 Å². The number of pyridine rings is 1. The maximum absolute atomic E-state index is 5.91. The Morgan fingerprint density at radius 1 is 1.53 bits per heavy atom. The summed E-state index contributed by atoms with van der Waals surface area (Å²) in [5, 5.41) is 0.848. The molecule has 0 bridgehead atoms. The van der Waals surface area contributed by atoms with E-state index in [4.69, 9.17) is 16.6 Å². The fourth-order valence-electron chi connectivity index (χ4n) is 1.66. The maximum atomic E-state index is 5.91. The van der Waals surface area contributed by atoms with Gasteiger partial charge < -0.3 is 10.2 Å². The number of nitrogen functional groups attached to an aromatic ring is 1. The summed E-state index contributed by atoms with van der Waals surface area (Å²) in [5.74, 6) is 3.15. The highest BCUT2D eigenvalue weighted by molar-refractivity contribution is 5.93. The van der Waals surface area contributed by atoms with Crippen LogP contribution in [-0.4, -0.2) is 4.98 Å². The van der Waals surface area contributed by atoms with Crippen LogP contribution in [0.2, 0.25) is 0 Å². The molecule has 2 rings (SSSR count). The van der Waals surface area contributed by atoms with Crippen molar-refractivity contribution < 1.29 is 4.42 Å². The van der Waals surface area contributed by atoms with E-state index in [1.165, 1.54) is 0 Å². The number of terminal acetylenes is 1. The van der Waals surface area contributed by atoms with Crippen LogP contribution >= 0.6 is 0 Å². The SMILES string of the molecule is C#Cc1oc2nccc(C(C)C)c2c1N. The van der Waals surface area contributed by atoms with E-state index in [1.54, 1.807) is 6.20 Å². The minimum Gasteiger partial charge on any atom is -0.427 e. The molecule has 2 aromatic rings. The number of nitrogens with zero attached hydrogens (tertiary/aromatic N) is 1. The summed E-state index contributed by atoms with van der Waals surface area (Å²) in [5.41, 5.74) is 8.06. The monoisotopic (exact) mass is 200 g/mol. The van der Waals surface area contributed by atoms with Crippen LogP contribution in [0.15, 0.2) is 16.7 Å². The summed E-state index contributed by atoms with van der Waals surface area (Å²) in [6.45, 7) is 4.19. The van der Waals surface area contributed by atoms with Gasteiger partial charge in [0.25, 0.3) is 0 Å². The Balaban J connectivity index is 2.86. The Bertz CT molecular complexity index is 546. The third-order valence-corrected chi connectivity index (χ3v) is 2.41. The zero-order chi connectivity index (χ0) is 11.0. The fourth-order valence-corrected chi connectivity index (χ4v) is 1.66. The smallest absolute Gasteiger partial charge is 0.230 e. The number of anilines is 1. The molecule has 3 heteroatoms. The molecule has 0 atom stereocenters. The van der Waals surface area contributed by atoms with Gasteiger partial charge in [0.2, 0.25) is 11.5 Å². The first-order chi connectivity index (χ1) is 7.15. The minimum absolute atomic E-state index is 0.362. The summed E-state index contributed by atoms with van der Waals surface area (Å²) in [4.78, 5) is 4.11. The van der Waals surface area contributed by atoms with Gasteiger partial charge in [0.1, 0.15) is 0 Å². The molecule has 0 aliphatic heterocycles. The molecular formula is C12H12N2O. The van der Waals surface area contributed by atoms with E-state index in [2.05, 4.69) is 24.8 Å². The van der Waals surface area contributed by atoms with Crippen LogP contribution in [-0.2, 0) is 0 Å². The lowest BCUT2D eigenvalue weighted by molar-refractivity contribution is 0.590. The van der Waals surface area contributed by atoms with Crippen molar-refractivity contribution in [1.82, 2.24) is 4.98 Å². The third kappa shape index (κ3) is 1.35. The quantitative estimate of drug-likeness (QED) is 0.719. The molecule has 0 aromatic carbocycles. The number of rotatable bonds is 1. The minimum atomic E-state index is 0.362. The van der Waals surface area contributed by atoms with Gasteiger partial charge in [-0.05, 0) is 23.5 Å². The van der Waals surface area contributed by atoms with Gasteiger partial charge in [0, 0.05) is 6.20 Å². The molecule has 0 fully saturated rings. The molecule has 15 heavy (non-hydrogen) atoms. The van der Waals surface area contributed by atoms with Crippen LogP contribution in [0.25, 0.3) is 11.1 Å². The van der Waals surface area contributed by atoms with Crippen molar-refractivity contribution in [3.05, 3.63) is 23.6 Å². The molecule has 0 saturated carbocycles. The molecule has 2 N–H and O–H groups in total. The summed E-state index contributed by atoms with van der Waals surface area (Å²) in [6, 6.07) is 1.94. The Kier molecular flexibility index (Phi) is 2.12. The summed E-state index contributed by atoms with van der Waals surface area (Å²) >= 11 is 0. The average molecular weight is 200 g/mol. The summed E-state index contributed by atoms with van der Waals surface area (Å²) in [7, 11) is 0. The Labute approximate surface area is 88.3 Å². The normalized spacial score (nSPS) is 10.8. The predicted molar refractivity (Wildman–Crippen MR) is 60.4 cm³/mol. The zero-order valence-electron chi connectivity index (χ0n) is 8.74. The molecule has 0 spiro atoms. The van der Waals surface area contributed by atoms with E-state index in [0.717, 1.165) is 10.9 Å². The Morgan fingerprint density at radius 2 is 2.27 bits per heavy atom. The molecule has 3 nitrogen and oxygen atoms in total. The average Bonchev–Trinajstić information content (AvgIpc) is 2.55. The number of aromatic nitrogens is 1. The topological polar surface area (TPSA) is 52.0 Å². The maximum Gasteiger partial charge on any atom is 0.230 e. The number of hydrogen-bond donors (Lipinski definition) is 1. The number of nitrogens with two attached hydrogens (primary N) is 1. The molecule has 0 radical (unpaired) electrons. The second-order valence-electron chi connectivity index (χ2n) is 3.72. The van der Waals surface area contributed by atoms with Crippen molar-refractivity contribution in [3.8, 4) is 12.3 Å². The molecule has 2 aromatic heterocycles. The lowest BCUT2D eigenvalue weighted by atomic mass is 10.0. The van der Waals surface area contributed by atoms with E-state index in [9.17, 15) is 0 Å². The van der Waals surface area contributed by atoms with Gasteiger partial charge >= 0.3 is 0 Å². The van der Waals surface area contributed by atoms with Gasteiger partial charge in [-0.2, -0.15) is 0 Å². The first-order valence-corrected chi connectivity index (χ1v) is 4.78. The molecule has 0 saturated heterocycles. The van der Waals surface area contributed by atoms with Crippen molar-refractivity contribution in [3.63, 3.8) is 0 Å². The second kappa shape index (κ2) is 3.32. The Morgan fingerprint density at radius 3 is 2.87 bits per heavy atom. The lowest BCUT2D eigenvalue weighted by Gasteiger charge is -2.05. The summed E-state index contributed by atoms with van der Waals surface area (Å²) < 4.78 is 5.37. The highest BCUT2D eigenvalue weighted by atomic mass is 16.3. The molecular weight excluding hydrogens is 188 g/mol. The van der Waals surface area contributed by atoms with Gasteiger partial charge in [-0.1, -0.05) is 13.8 Å². The van der Waals surface area contributed by atoms with Crippen molar-refractivity contribution in [2.45, 2.75) is 19.8 Å². The van der Waals surface area contributed by atoms with Gasteiger partial charge in [0.15, 0.2) is 0 Å². The van der Waals surface area contributed by atoms with Gasteiger partial charge in [-0.3, -0.25) is 0 Å². The van der Waals surface area contributed by atoms with Gasteiger partial charge in [-0.25, -0.2) is 4.98 Å². The van der Waals surface area contributed by atoms with Crippen molar-refractivity contribution >= 4 is 16.8 Å². The first kappa shape index (κ1) is 9.60. The van der Waals surface area contributed by atoms with E-state index >= 15 is 0 Å². The van der Waals surface area contributed by atoms with Crippen LogP contribution < -0.4 is 5.73 Å². The Hall–Kier alpha value is -1.95. The first-order valence-electron chi connectivity index (χ1n) is 4.78. The van der Waals surface area contributed by atoms with Gasteiger partial charge in [0.05, 0.1) is 11.1 Å². The van der Waals surface area contributed by atoms with Crippen molar-refractivity contribution in [2.75, 3.05) is 5.73 Å². The fraction of sp³-hybridized carbons (Fsp3) is 0.250. The van der Waals surface area contributed by atoms with Crippen molar-refractivity contribution in [1.29, 1.82) is 0 Å². The molecule has 0 aliphatic carbocycles. The van der Waals surface area contributed by atoms with Crippen molar-refractivity contribution in [2.24, 2.45) is 0 Å². The molecule has 0 aliphatic rings. The number of furan rings is 1. The highest BCUT2D eigenvalue weighted by Crippen LogP contribution is 2.32. The summed E-state index contributed by atoms with van der Waals surface area (Å²) in [6.07, 6.45) is 7.00. The predicted octanol–water partition coefficient (Wildman–Crippen LogP) is 2.51. The molecule has 2 heterocycles. The van der Waals surface area contributed by atoms with E-state index in [0.29, 0.717) is 23.1 Å². The van der Waals surface area contributed by atoms with E-state index in [1.807, 2.05) is 6.07 Å². The lowest BCUT2D eigenvalue weighted by Crippen LogP contribution is -1.92. The van der Waals surface area contributed by atoms with Crippen LogP contribution in [0.1, 0.15) is 31.1 Å². The third-order valence-electron chi connectivity index (χ3n) is 2.41. The van der Waals surface area contributed by atoms with Gasteiger partial charge in [-0.15, -0.1) is 6.42 Å².